The second kappa shape index (κ2) is 8.11. The third-order valence-corrected chi connectivity index (χ3v) is 1.62. The summed E-state index contributed by atoms with van der Waals surface area (Å²) in [5.74, 6) is -1.23. The summed E-state index contributed by atoms with van der Waals surface area (Å²) >= 11 is 0. The molecule has 1 aromatic carbocycles. The van der Waals surface area contributed by atoms with Crippen molar-refractivity contribution in [1.82, 2.24) is 0 Å². The summed E-state index contributed by atoms with van der Waals surface area (Å²) in [6.45, 7) is 3.28. The van der Waals surface area contributed by atoms with Crippen LogP contribution < -0.4 is 0 Å². The first kappa shape index (κ1) is 16.0. The summed E-state index contributed by atoms with van der Waals surface area (Å²) in [5, 5.41) is 9.30. The number of carbonyl (C=O) groups excluding carboxylic acids is 2. The Bertz CT molecular complexity index is 416. The van der Waals surface area contributed by atoms with Crippen molar-refractivity contribution in [2.75, 3.05) is 6.61 Å². The van der Waals surface area contributed by atoms with Crippen LogP contribution in [0.5, 0.6) is 5.75 Å². The van der Waals surface area contributed by atoms with Crippen molar-refractivity contribution in [2.24, 2.45) is 0 Å². The normalized spacial score (nSPS) is 8.71. The van der Waals surface area contributed by atoms with Gasteiger partial charge in [-0.15, -0.1) is 0 Å². The van der Waals surface area contributed by atoms with Crippen molar-refractivity contribution >= 4 is 49.9 Å². The van der Waals surface area contributed by atoms with Gasteiger partial charge in [-0.3, -0.25) is 0 Å². The third-order valence-electron chi connectivity index (χ3n) is 1.62. The van der Waals surface area contributed by atoms with Crippen LogP contribution >= 0.6 is 0 Å². The van der Waals surface area contributed by atoms with Crippen LogP contribution in [-0.4, -0.2) is 61.6 Å². The average Bonchev–Trinajstić information content (AvgIpc) is 2.26. The van der Waals surface area contributed by atoms with E-state index in [1.807, 2.05) is 0 Å². The summed E-state index contributed by atoms with van der Waals surface area (Å²) in [6.07, 6.45) is 0.208. The van der Waals surface area contributed by atoms with Crippen LogP contribution in [0.3, 0.4) is 0 Å². The molecule has 0 aliphatic heterocycles. The van der Waals surface area contributed by atoms with Crippen molar-refractivity contribution in [3.8, 4) is 5.75 Å². The van der Waals surface area contributed by atoms with Crippen molar-refractivity contribution in [3.05, 3.63) is 42.5 Å². The molecule has 6 heteroatoms. The molecule has 0 saturated carbocycles. The summed E-state index contributed by atoms with van der Waals surface area (Å²) in [7, 11) is 0. The fourth-order valence-electron chi connectivity index (χ4n) is 0.933. The van der Waals surface area contributed by atoms with Crippen LogP contribution in [0, 0.1) is 0 Å². The van der Waals surface area contributed by atoms with Gasteiger partial charge in [0.25, 0.3) is 0 Å². The number of phenolic OH excluding ortho intramolecular Hbond substituents is 1. The van der Waals surface area contributed by atoms with E-state index < -0.39 is 12.1 Å². The molecular formula is C11H12CaO5. The SMILES string of the molecule is C=CCOC(=O)OC(=O)c1ccccc1O.[CaH2]. The zero-order chi connectivity index (χ0) is 12.0. The van der Waals surface area contributed by atoms with E-state index in [0.29, 0.717) is 0 Å². The van der Waals surface area contributed by atoms with E-state index in [1.165, 1.54) is 24.3 Å². The minimum absolute atomic E-state index is 0. The van der Waals surface area contributed by atoms with Crippen LogP contribution in [0.1, 0.15) is 10.4 Å². The molecule has 0 amide bonds. The first-order valence-electron chi connectivity index (χ1n) is 4.43. The van der Waals surface area contributed by atoms with Gasteiger partial charge in [-0.25, -0.2) is 9.59 Å². The Morgan fingerprint density at radius 1 is 1.35 bits per heavy atom. The van der Waals surface area contributed by atoms with Gasteiger partial charge in [-0.05, 0) is 12.1 Å². The van der Waals surface area contributed by atoms with Gasteiger partial charge >= 0.3 is 49.9 Å². The summed E-state index contributed by atoms with van der Waals surface area (Å²) < 4.78 is 8.75. The number of carbonyl (C=O) groups is 2. The first-order chi connectivity index (χ1) is 7.65. The molecule has 0 aromatic heterocycles. The molecule has 0 unspecified atom stereocenters. The molecule has 5 nitrogen and oxygen atoms in total. The Kier molecular flexibility index (Phi) is 7.61. The standard InChI is InChI=1S/C11H10O5.Ca.2H/c1-2-7-15-11(14)16-10(13)8-5-3-4-6-9(8)12;;;/h2-6,12H,1,7H2;;;. The van der Waals surface area contributed by atoms with Crippen LogP contribution in [0.4, 0.5) is 4.79 Å². The molecule has 88 valence electrons. The van der Waals surface area contributed by atoms with Gasteiger partial charge in [0.05, 0.1) is 0 Å². The molecule has 0 aliphatic carbocycles. The molecule has 0 spiro atoms. The van der Waals surface area contributed by atoms with Crippen molar-refractivity contribution in [2.45, 2.75) is 0 Å². The molecule has 1 N–H and O–H groups in total. The number of esters is 1. The van der Waals surface area contributed by atoms with Crippen LogP contribution in [0.15, 0.2) is 36.9 Å². The van der Waals surface area contributed by atoms with Gasteiger partial charge < -0.3 is 14.6 Å². The predicted molar refractivity (Wildman–Crippen MR) is 63.6 cm³/mol. The number of para-hydroxylation sites is 1. The van der Waals surface area contributed by atoms with E-state index in [9.17, 15) is 14.7 Å². The number of ether oxygens (including phenoxy) is 2. The van der Waals surface area contributed by atoms with Crippen molar-refractivity contribution in [3.63, 3.8) is 0 Å². The van der Waals surface area contributed by atoms with Gasteiger partial charge in [0.1, 0.15) is 17.9 Å². The van der Waals surface area contributed by atoms with Gasteiger partial charge in [0.2, 0.25) is 0 Å². The van der Waals surface area contributed by atoms with E-state index >= 15 is 0 Å². The molecule has 0 bridgehead atoms. The van der Waals surface area contributed by atoms with Gasteiger partial charge in [-0.1, -0.05) is 24.8 Å². The molecule has 0 heterocycles. The number of phenols is 1. The van der Waals surface area contributed by atoms with E-state index in [4.69, 9.17) is 0 Å². The zero-order valence-corrected chi connectivity index (χ0v) is 8.38. The van der Waals surface area contributed by atoms with E-state index in [0.717, 1.165) is 0 Å². The fourth-order valence-corrected chi connectivity index (χ4v) is 0.933. The van der Waals surface area contributed by atoms with Crippen LogP contribution in [0.25, 0.3) is 0 Å². The Labute approximate surface area is 128 Å². The Balaban J connectivity index is 0.00000256. The van der Waals surface area contributed by atoms with Crippen LogP contribution in [0.2, 0.25) is 0 Å². The van der Waals surface area contributed by atoms with Gasteiger partial charge in [0, 0.05) is 0 Å². The second-order valence-corrected chi connectivity index (χ2v) is 2.76. The monoisotopic (exact) mass is 264 g/mol. The zero-order valence-electron chi connectivity index (χ0n) is 8.38. The first-order valence-corrected chi connectivity index (χ1v) is 4.43. The number of rotatable bonds is 3. The van der Waals surface area contributed by atoms with Gasteiger partial charge in [-0.2, -0.15) is 0 Å². The van der Waals surface area contributed by atoms with Gasteiger partial charge in [0.15, 0.2) is 0 Å². The molecule has 0 fully saturated rings. The maximum absolute atomic E-state index is 11.3. The Morgan fingerprint density at radius 3 is 2.59 bits per heavy atom. The molecule has 0 atom stereocenters. The molecule has 0 aliphatic rings. The third kappa shape index (κ3) is 5.21. The van der Waals surface area contributed by atoms with Crippen molar-refractivity contribution in [1.29, 1.82) is 0 Å². The number of benzene rings is 1. The molecular weight excluding hydrogens is 252 g/mol. The average molecular weight is 264 g/mol. The van der Waals surface area contributed by atoms with Crippen LogP contribution in [-0.2, 0) is 9.47 Å². The minimum atomic E-state index is -1.13. The summed E-state index contributed by atoms with van der Waals surface area (Å²) in [5.41, 5.74) is -0.0990. The second-order valence-electron chi connectivity index (χ2n) is 2.76. The Morgan fingerprint density at radius 2 is 2.00 bits per heavy atom. The predicted octanol–water partition coefficient (Wildman–Crippen LogP) is 0.955. The fraction of sp³-hybridized carbons (Fsp3) is 0.0909. The van der Waals surface area contributed by atoms with E-state index in [1.54, 1.807) is 6.07 Å². The quantitative estimate of drug-likeness (QED) is 0.381. The number of hydrogen-bond acceptors (Lipinski definition) is 5. The van der Waals surface area contributed by atoms with E-state index in [2.05, 4.69) is 16.1 Å². The molecule has 17 heavy (non-hydrogen) atoms. The number of aromatic hydroxyl groups is 1. The molecule has 1 rings (SSSR count). The summed E-state index contributed by atoms with van der Waals surface area (Å²) in [6, 6.07) is 5.72. The maximum atomic E-state index is 11.3. The molecule has 0 saturated heterocycles. The Hall–Kier alpha value is -1.04. The molecule has 1 aromatic rings. The molecule has 0 radical (unpaired) electrons. The topological polar surface area (TPSA) is 72.8 Å². The summed E-state index contributed by atoms with van der Waals surface area (Å²) in [4.78, 5) is 22.2. The van der Waals surface area contributed by atoms with E-state index in [-0.39, 0.29) is 55.7 Å². The number of hydrogen-bond donors (Lipinski definition) is 1. The van der Waals surface area contributed by atoms with Crippen molar-refractivity contribution < 1.29 is 24.2 Å².